The Labute approximate surface area is 121 Å². The molecule has 20 heavy (non-hydrogen) atoms. The summed E-state index contributed by atoms with van der Waals surface area (Å²) in [5.41, 5.74) is 2.29. The molecule has 1 aliphatic heterocycles. The number of aliphatic imine (C=N–C) groups is 1. The molecule has 0 saturated carbocycles. The van der Waals surface area contributed by atoms with Gasteiger partial charge in [-0.3, -0.25) is 0 Å². The number of hydrogen-bond donors (Lipinski definition) is 0. The highest BCUT2D eigenvalue weighted by Crippen LogP contribution is 2.30. The number of hydrogen-bond acceptors (Lipinski definition) is 2. The first-order valence-corrected chi connectivity index (χ1v) is 7.02. The molecule has 1 aliphatic rings. The van der Waals surface area contributed by atoms with Gasteiger partial charge in [0.15, 0.2) is 5.90 Å². The smallest absolute Gasteiger partial charge is 0.190 e. The Kier molecular flexibility index (Phi) is 4.12. The molecule has 1 aromatic rings. The fourth-order valence-electron chi connectivity index (χ4n) is 2.23. The topological polar surface area (TPSA) is 21.6 Å². The Hall–Kier alpha value is -1.83. The third-order valence-electron chi connectivity index (χ3n) is 3.34. The monoisotopic (exact) mass is 269 g/mol. The molecule has 2 atom stereocenters. The molecule has 0 spiro atoms. The Morgan fingerprint density at radius 1 is 1.25 bits per heavy atom. The molecule has 1 aromatic carbocycles. The van der Waals surface area contributed by atoms with Gasteiger partial charge in [-0.1, -0.05) is 63.3 Å². The second kappa shape index (κ2) is 5.66. The third-order valence-corrected chi connectivity index (χ3v) is 3.34. The number of benzene rings is 1. The van der Waals surface area contributed by atoms with Crippen molar-refractivity contribution in [1.29, 1.82) is 0 Å². The van der Waals surface area contributed by atoms with Crippen LogP contribution in [0, 0.1) is 5.41 Å². The highest BCUT2D eigenvalue weighted by atomic mass is 16.5. The standard InChI is InChI=1S/C18H23NO/c1-6-15-16(20-17(19-15)18(3,4)5)13(2)12-14-10-8-7-9-11-14/h6-12,15-16H,1H2,2-5H3/b13-12+/t15-,16+/m1/s1. The lowest BCUT2D eigenvalue weighted by Crippen LogP contribution is -2.26. The molecule has 0 bridgehead atoms. The summed E-state index contributed by atoms with van der Waals surface area (Å²) in [6, 6.07) is 10.3. The summed E-state index contributed by atoms with van der Waals surface area (Å²) in [4.78, 5) is 4.66. The van der Waals surface area contributed by atoms with Crippen molar-refractivity contribution >= 4 is 12.0 Å². The minimum atomic E-state index is -0.0664. The molecule has 0 fully saturated rings. The van der Waals surface area contributed by atoms with Crippen LogP contribution in [0.2, 0.25) is 0 Å². The predicted octanol–water partition coefficient (Wildman–Crippen LogP) is 4.49. The van der Waals surface area contributed by atoms with E-state index in [1.165, 1.54) is 11.1 Å². The van der Waals surface area contributed by atoms with Crippen LogP contribution in [-0.4, -0.2) is 18.0 Å². The Bertz CT molecular complexity index is 534. The Balaban J connectivity index is 2.22. The maximum Gasteiger partial charge on any atom is 0.190 e. The fourth-order valence-corrected chi connectivity index (χ4v) is 2.23. The second-order valence-electron chi connectivity index (χ2n) is 6.25. The van der Waals surface area contributed by atoms with Crippen molar-refractivity contribution in [2.24, 2.45) is 10.4 Å². The van der Waals surface area contributed by atoms with E-state index in [0.29, 0.717) is 0 Å². The largest absolute Gasteiger partial charge is 0.470 e. The molecule has 2 rings (SSSR count). The molecule has 2 nitrogen and oxygen atoms in total. The second-order valence-corrected chi connectivity index (χ2v) is 6.25. The number of nitrogens with zero attached hydrogens (tertiary/aromatic N) is 1. The van der Waals surface area contributed by atoms with Gasteiger partial charge in [0.25, 0.3) is 0 Å². The molecule has 0 aromatic heterocycles. The van der Waals surface area contributed by atoms with Gasteiger partial charge in [-0.25, -0.2) is 4.99 Å². The van der Waals surface area contributed by atoms with E-state index in [1.54, 1.807) is 0 Å². The summed E-state index contributed by atoms with van der Waals surface area (Å²) in [6.45, 7) is 12.3. The van der Waals surface area contributed by atoms with Crippen molar-refractivity contribution in [3.8, 4) is 0 Å². The maximum atomic E-state index is 6.07. The lowest BCUT2D eigenvalue weighted by atomic mass is 9.97. The molecule has 0 unspecified atom stereocenters. The van der Waals surface area contributed by atoms with Gasteiger partial charge in [0, 0.05) is 5.41 Å². The van der Waals surface area contributed by atoms with Crippen LogP contribution < -0.4 is 0 Å². The summed E-state index contributed by atoms with van der Waals surface area (Å²) < 4.78 is 6.07. The van der Waals surface area contributed by atoms with E-state index in [-0.39, 0.29) is 17.6 Å². The molecule has 2 heteroatoms. The van der Waals surface area contributed by atoms with Gasteiger partial charge in [-0.05, 0) is 18.1 Å². The first-order valence-electron chi connectivity index (χ1n) is 7.02. The normalized spacial score (nSPS) is 23.2. The SMILES string of the molecule is C=C[C@H]1N=C(C(C)(C)C)O[C@H]1/C(C)=C/c1ccccc1. The highest BCUT2D eigenvalue weighted by molar-refractivity contribution is 5.84. The molecule has 0 N–H and O–H groups in total. The quantitative estimate of drug-likeness (QED) is 0.741. The Morgan fingerprint density at radius 3 is 2.45 bits per heavy atom. The van der Waals surface area contributed by atoms with E-state index in [4.69, 9.17) is 4.74 Å². The third kappa shape index (κ3) is 3.19. The zero-order chi connectivity index (χ0) is 14.8. The minimum absolute atomic E-state index is 0.00388. The first-order chi connectivity index (χ1) is 9.41. The van der Waals surface area contributed by atoms with E-state index in [0.717, 1.165) is 5.90 Å². The number of ether oxygens (including phenoxy) is 1. The molecular formula is C18H23NO. The molecule has 1 heterocycles. The van der Waals surface area contributed by atoms with Crippen LogP contribution in [-0.2, 0) is 4.74 Å². The van der Waals surface area contributed by atoms with E-state index >= 15 is 0 Å². The van der Waals surface area contributed by atoms with E-state index in [1.807, 2.05) is 24.3 Å². The highest BCUT2D eigenvalue weighted by Gasteiger charge is 2.35. The van der Waals surface area contributed by atoms with Crippen LogP contribution in [0.4, 0.5) is 0 Å². The minimum Gasteiger partial charge on any atom is -0.470 e. The molecule has 106 valence electrons. The zero-order valence-electron chi connectivity index (χ0n) is 12.8. The lowest BCUT2D eigenvalue weighted by molar-refractivity contribution is 0.219. The summed E-state index contributed by atoms with van der Waals surface area (Å²) in [5.74, 6) is 0.813. The van der Waals surface area contributed by atoms with E-state index < -0.39 is 0 Å². The van der Waals surface area contributed by atoms with Gasteiger partial charge < -0.3 is 4.74 Å². The van der Waals surface area contributed by atoms with Crippen molar-refractivity contribution in [2.45, 2.75) is 39.8 Å². The maximum absolute atomic E-state index is 6.07. The Morgan fingerprint density at radius 2 is 1.90 bits per heavy atom. The van der Waals surface area contributed by atoms with Crippen molar-refractivity contribution in [3.63, 3.8) is 0 Å². The van der Waals surface area contributed by atoms with Crippen molar-refractivity contribution in [1.82, 2.24) is 0 Å². The lowest BCUT2D eigenvalue weighted by Gasteiger charge is -2.21. The van der Waals surface area contributed by atoms with Gasteiger partial charge in [-0.15, -0.1) is 6.58 Å². The fraction of sp³-hybridized carbons (Fsp3) is 0.389. The van der Waals surface area contributed by atoms with Crippen LogP contribution in [0.1, 0.15) is 33.3 Å². The zero-order valence-corrected chi connectivity index (χ0v) is 12.8. The van der Waals surface area contributed by atoms with Gasteiger partial charge in [0.2, 0.25) is 0 Å². The van der Waals surface area contributed by atoms with Gasteiger partial charge in [-0.2, -0.15) is 0 Å². The van der Waals surface area contributed by atoms with Crippen LogP contribution in [0.3, 0.4) is 0 Å². The summed E-state index contributed by atoms with van der Waals surface area (Å²) in [5, 5.41) is 0. The average molecular weight is 269 g/mol. The van der Waals surface area contributed by atoms with Crippen LogP contribution in [0.15, 0.2) is 53.6 Å². The van der Waals surface area contributed by atoms with Crippen LogP contribution in [0.5, 0.6) is 0 Å². The molecule has 0 radical (unpaired) electrons. The van der Waals surface area contributed by atoms with Crippen molar-refractivity contribution in [2.75, 3.05) is 0 Å². The van der Waals surface area contributed by atoms with Gasteiger partial charge in [0.05, 0.1) is 0 Å². The van der Waals surface area contributed by atoms with E-state index in [9.17, 15) is 0 Å². The summed E-state index contributed by atoms with van der Waals surface area (Å²) >= 11 is 0. The number of rotatable bonds is 3. The van der Waals surface area contributed by atoms with Gasteiger partial charge in [0.1, 0.15) is 12.1 Å². The van der Waals surface area contributed by atoms with Gasteiger partial charge >= 0.3 is 0 Å². The molecule has 0 amide bonds. The summed E-state index contributed by atoms with van der Waals surface area (Å²) in [7, 11) is 0. The first kappa shape index (κ1) is 14.6. The van der Waals surface area contributed by atoms with E-state index in [2.05, 4.69) is 57.5 Å². The molecule has 0 aliphatic carbocycles. The predicted molar refractivity (Wildman–Crippen MR) is 85.8 cm³/mol. The van der Waals surface area contributed by atoms with Crippen molar-refractivity contribution < 1.29 is 4.74 Å². The molecular weight excluding hydrogens is 246 g/mol. The van der Waals surface area contributed by atoms with Crippen LogP contribution >= 0.6 is 0 Å². The molecule has 0 saturated heterocycles. The summed E-state index contributed by atoms with van der Waals surface area (Å²) in [6.07, 6.45) is 3.98. The average Bonchev–Trinajstić information content (AvgIpc) is 2.84. The van der Waals surface area contributed by atoms with Crippen LogP contribution in [0.25, 0.3) is 6.08 Å². The van der Waals surface area contributed by atoms with Crippen molar-refractivity contribution in [3.05, 3.63) is 54.1 Å².